The van der Waals surface area contributed by atoms with Gasteiger partial charge >= 0.3 is 0 Å². The van der Waals surface area contributed by atoms with Gasteiger partial charge in [0.2, 0.25) is 0 Å². The van der Waals surface area contributed by atoms with Gasteiger partial charge < -0.3 is 10.1 Å². The average Bonchev–Trinajstić information content (AvgIpc) is 3.00. The largest absolute Gasteiger partial charge is 0.494 e. The number of likely N-dealkylation sites (N-methyl/N-ethyl adjacent to an activating group) is 1. The maximum absolute atomic E-state index is 5.89. The Morgan fingerprint density at radius 1 is 0.960 bits per heavy atom. The van der Waals surface area contributed by atoms with E-state index in [4.69, 9.17) is 4.74 Å². The predicted molar refractivity (Wildman–Crippen MR) is 106 cm³/mol. The maximum atomic E-state index is 5.89. The lowest BCUT2D eigenvalue weighted by Gasteiger charge is -2.19. The third-order valence-electron chi connectivity index (χ3n) is 5.20. The summed E-state index contributed by atoms with van der Waals surface area (Å²) in [5.41, 5.74) is 8.20. The predicted octanol–water partition coefficient (Wildman–Crippen LogP) is 4.19. The highest BCUT2D eigenvalue weighted by Gasteiger charge is 2.32. The van der Waals surface area contributed by atoms with Crippen molar-refractivity contribution < 1.29 is 4.74 Å². The maximum Gasteiger partial charge on any atom is 0.119 e. The summed E-state index contributed by atoms with van der Waals surface area (Å²) < 4.78 is 5.89. The summed E-state index contributed by atoms with van der Waals surface area (Å²) in [6.45, 7) is 9.56. The van der Waals surface area contributed by atoms with Gasteiger partial charge in [0.05, 0.1) is 12.6 Å². The monoisotopic (exact) mass is 347 g/mol. The first-order chi connectivity index (χ1) is 12.3. The Morgan fingerprint density at radius 2 is 1.68 bits per heavy atom. The first-order valence-corrected chi connectivity index (χ1v) is 10.2. The fraction of sp³-hybridized carbons (Fsp3) is 0.714. The van der Waals surface area contributed by atoms with Crippen LogP contribution < -0.4 is 20.9 Å². The number of unbranched alkanes of at least 4 members (excludes halogenated alkanes) is 5. The average molecular weight is 348 g/mol. The van der Waals surface area contributed by atoms with E-state index in [0.29, 0.717) is 18.0 Å². The van der Waals surface area contributed by atoms with Gasteiger partial charge in [0, 0.05) is 12.6 Å². The topological polar surface area (TPSA) is 45.3 Å². The second-order valence-electron chi connectivity index (χ2n) is 7.22. The molecular formula is C21H37N3O. The fourth-order valence-corrected chi connectivity index (χ4v) is 3.46. The standard InChI is InChI=1S/C21H37N3O/c1-4-6-7-8-9-10-15-25-19-13-11-18(12-14-19)21-17(3)20(23-24-21)16-22-5-2/h11-14,17,20-24H,4-10,15-16H2,1-3H3. The van der Waals surface area contributed by atoms with Crippen molar-refractivity contribution >= 4 is 0 Å². The fourth-order valence-electron chi connectivity index (χ4n) is 3.46. The molecule has 1 aromatic rings. The van der Waals surface area contributed by atoms with Crippen molar-refractivity contribution in [3.63, 3.8) is 0 Å². The minimum Gasteiger partial charge on any atom is -0.494 e. The molecule has 0 aromatic heterocycles. The Labute approximate surface area is 154 Å². The molecule has 1 saturated heterocycles. The highest BCUT2D eigenvalue weighted by atomic mass is 16.5. The smallest absolute Gasteiger partial charge is 0.119 e. The molecule has 0 amide bonds. The highest BCUT2D eigenvalue weighted by molar-refractivity contribution is 5.30. The molecular weight excluding hydrogens is 310 g/mol. The zero-order chi connectivity index (χ0) is 17.9. The van der Waals surface area contributed by atoms with Crippen LogP contribution in [0.2, 0.25) is 0 Å². The molecule has 1 aliphatic rings. The van der Waals surface area contributed by atoms with Gasteiger partial charge in [-0.3, -0.25) is 5.43 Å². The second-order valence-corrected chi connectivity index (χ2v) is 7.22. The third kappa shape index (κ3) is 6.61. The first-order valence-electron chi connectivity index (χ1n) is 10.2. The van der Waals surface area contributed by atoms with Crippen molar-refractivity contribution in [3.8, 4) is 5.75 Å². The molecule has 1 heterocycles. The van der Waals surface area contributed by atoms with Crippen LogP contribution in [0, 0.1) is 5.92 Å². The van der Waals surface area contributed by atoms with Gasteiger partial charge in [0.25, 0.3) is 0 Å². The van der Waals surface area contributed by atoms with Crippen LogP contribution in [-0.2, 0) is 0 Å². The first kappa shape index (κ1) is 20.2. The van der Waals surface area contributed by atoms with Crippen molar-refractivity contribution in [1.82, 2.24) is 16.2 Å². The number of rotatable bonds is 12. The van der Waals surface area contributed by atoms with Crippen LogP contribution in [-0.4, -0.2) is 25.7 Å². The van der Waals surface area contributed by atoms with Crippen LogP contribution in [0.1, 0.15) is 70.9 Å². The molecule has 0 spiro atoms. The number of nitrogens with one attached hydrogen (secondary N) is 3. The number of hydrogen-bond acceptors (Lipinski definition) is 4. The van der Waals surface area contributed by atoms with E-state index in [-0.39, 0.29) is 0 Å². The minimum absolute atomic E-state index is 0.358. The number of hydrazine groups is 1. The molecule has 1 aromatic carbocycles. The normalized spacial score (nSPS) is 23.1. The lowest BCUT2D eigenvalue weighted by Crippen LogP contribution is -2.39. The van der Waals surface area contributed by atoms with E-state index in [1.807, 2.05) is 0 Å². The molecule has 3 unspecified atom stereocenters. The van der Waals surface area contributed by atoms with Gasteiger partial charge in [-0.1, -0.05) is 65.0 Å². The summed E-state index contributed by atoms with van der Waals surface area (Å²) in [6.07, 6.45) is 7.80. The van der Waals surface area contributed by atoms with Crippen LogP contribution in [0.4, 0.5) is 0 Å². The molecule has 4 nitrogen and oxygen atoms in total. The number of benzene rings is 1. The van der Waals surface area contributed by atoms with Crippen molar-refractivity contribution in [3.05, 3.63) is 29.8 Å². The summed E-state index contributed by atoms with van der Waals surface area (Å²) >= 11 is 0. The lowest BCUT2D eigenvalue weighted by atomic mass is 9.91. The minimum atomic E-state index is 0.358. The van der Waals surface area contributed by atoms with Gasteiger partial charge in [-0.25, -0.2) is 5.43 Å². The molecule has 1 aliphatic heterocycles. The van der Waals surface area contributed by atoms with Crippen LogP contribution in [0.15, 0.2) is 24.3 Å². The van der Waals surface area contributed by atoms with Gasteiger partial charge in [-0.05, 0) is 36.6 Å². The zero-order valence-electron chi connectivity index (χ0n) is 16.3. The molecule has 2 rings (SSSR count). The van der Waals surface area contributed by atoms with E-state index in [1.165, 1.54) is 37.7 Å². The Balaban J connectivity index is 1.71. The lowest BCUT2D eigenvalue weighted by molar-refractivity contribution is 0.304. The summed E-state index contributed by atoms with van der Waals surface area (Å²) in [5, 5.41) is 3.42. The molecule has 4 heteroatoms. The Hall–Kier alpha value is -1.10. The Kier molecular flexibility index (Phi) is 9.30. The molecule has 0 radical (unpaired) electrons. The van der Waals surface area contributed by atoms with E-state index in [9.17, 15) is 0 Å². The van der Waals surface area contributed by atoms with Crippen molar-refractivity contribution in [2.45, 2.75) is 71.4 Å². The molecule has 1 fully saturated rings. The molecule has 0 bridgehead atoms. The Bertz CT molecular complexity index is 463. The zero-order valence-corrected chi connectivity index (χ0v) is 16.3. The van der Waals surface area contributed by atoms with Gasteiger partial charge in [-0.15, -0.1) is 0 Å². The molecule has 0 saturated carbocycles. The van der Waals surface area contributed by atoms with Gasteiger partial charge in [0.1, 0.15) is 5.75 Å². The van der Waals surface area contributed by atoms with E-state index in [1.54, 1.807) is 0 Å². The summed E-state index contributed by atoms with van der Waals surface area (Å²) in [6, 6.07) is 9.44. The van der Waals surface area contributed by atoms with Crippen LogP contribution in [0.25, 0.3) is 0 Å². The van der Waals surface area contributed by atoms with Gasteiger partial charge in [0.15, 0.2) is 0 Å². The highest BCUT2D eigenvalue weighted by Crippen LogP contribution is 2.29. The van der Waals surface area contributed by atoms with Crippen LogP contribution in [0.3, 0.4) is 0 Å². The molecule has 25 heavy (non-hydrogen) atoms. The van der Waals surface area contributed by atoms with E-state index < -0.39 is 0 Å². The summed E-state index contributed by atoms with van der Waals surface area (Å²) in [7, 11) is 0. The van der Waals surface area contributed by atoms with Crippen molar-refractivity contribution in [2.75, 3.05) is 19.7 Å². The van der Waals surface area contributed by atoms with Crippen LogP contribution in [0.5, 0.6) is 5.75 Å². The molecule has 142 valence electrons. The van der Waals surface area contributed by atoms with Crippen LogP contribution >= 0.6 is 0 Å². The SMILES string of the molecule is CCCCCCCCOc1ccc(C2NNC(CNCC)C2C)cc1. The Morgan fingerprint density at radius 3 is 2.40 bits per heavy atom. The molecule has 3 N–H and O–H groups in total. The van der Waals surface area contributed by atoms with E-state index >= 15 is 0 Å². The number of ether oxygens (including phenoxy) is 1. The third-order valence-corrected chi connectivity index (χ3v) is 5.20. The summed E-state index contributed by atoms with van der Waals surface area (Å²) in [4.78, 5) is 0. The summed E-state index contributed by atoms with van der Waals surface area (Å²) in [5.74, 6) is 1.54. The second kappa shape index (κ2) is 11.5. The quantitative estimate of drug-likeness (QED) is 0.496. The number of hydrogen-bond donors (Lipinski definition) is 3. The molecule has 3 atom stereocenters. The van der Waals surface area contributed by atoms with Crippen molar-refractivity contribution in [1.29, 1.82) is 0 Å². The van der Waals surface area contributed by atoms with Gasteiger partial charge in [-0.2, -0.15) is 0 Å². The molecule has 0 aliphatic carbocycles. The van der Waals surface area contributed by atoms with Crippen molar-refractivity contribution in [2.24, 2.45) is 5.92 Å². The van der Waals surface area contributed by atoms with E-state index in [2.05, 4.69) is 61.2 Å². The van der Waals surface area contributed by atoms with E-state index in [0.717, 1.165) is 31.9 Å².